The van der Waals surface area contributed by atoms with E-state index in [-0.39, 0.29) is 6.35 Å². The monoisotopic (exact) mass is 202 g/mol. The summed E-state index contributed by atoms with van der Waals surface area (Å²) in [5, 5.41) is 0. The van der Waals surface area contributed by atoms with E-state index in [2.05, 4.69) is 0 Å². The third kappa shape index (κ3) is 8.00. The second-order valence-corrected chi connectivity index (χ2v) is 5.59. The minimum atomic E-state index is -4.10. The average molecular weight is 202 g/mol. The second kappa shape index (κ2) is 4.87. The van der Waals surface area contributed by atoms with Gasteiger partial charge in [-0.05, 0) is 6.92 Å². The SMILES string of the molecule is CCOC[PH](=O)CS(=O)(=O)O. The Morgan fingerprint density at radius 3 is 2.45 bits per heavy atom. The zero-order valence-corrected chi connectivity index (χ0v) is 7.93. The number of ether oxygens (including phenoxy) is 1. The van der Waals surface area contributed by atoms with Crippen LogP contribution in [0.5, 0.6) is 0 Å². The summed E-state index contributed by atoms with van der Waals surface area (Å²) < 4.78 is 43.9. The van der Waals surface area contributed by atoms with Gasteiger partial charge in [0.05, 0.1) is 6.35 Å². The Balaban J connectivity index is 3.71. The second-order valence-electron chi connectivity index (χ2n) is 1.90. The van der Waals surface area contributed by atoms with Crippen LogP contribution in [-0.2, 0) is 19.4 Å². The summed E-state index contributed by atoms with van der Waals surface area (Å²) in [5.74, 6) is 0. The van der Waals surface area contributed by atoms with Crippen LogP contribution >= 0.6 is 7.80 Å². The minimum absolute atomic E-state index is 0.0824. The van der Waals surface area contributed by atoms with E-state index in [0.29, 0.717) is 6.61 Å². The first kappa shape index (κ1) is 11.1. The molecule has 0 rings (SSSR count). The van der Waals surface area contributed by atoms with Crippen molar-refractivity contribution in [1.82, 2.24) is 0 Å². The lowest BCUT2D eigenvalue weighted by Crippen LogP contribution is -2.02. The number of rotatable bonds is 5. The first-order valence-corrected chi connectivity index (χ1v) is 6.43. The van der Waals surface area contributed by atoms with Crippen molar-refractivity contribution in [2.75, 3.05) is 18.4 Å². The predicted octanol–water partition coefficient (Wildman–Crippen LogP) is 0.385. The van der Waals surface area contributed by atoms with E-state index in [9.17, 15) is 13.0 Å². The van der Waals surface area contributed by atoms with Crippen LogP contribution in [0.4, 0.5) is 0 Å². The van der Waals surface area contributed by atoms with Gasteiger partial charge in [0.25, 0.3) is 10.1 Å². The van der Waals surface area contributed by atoms with E-state index in [4.69, 9.17) is 9.29 Å². The zero-order chi connectivity index (χ0) is 8.91. The summed E-state index contributed by atoms with van der Waals surface area (Å²) in [6.07, 6.45) is -0.0824. The molecule has 1 unspecified atom stereocenters. The van der Waals surface area contributed by atoms with Gasteiger partial charge in [-0.3, -0.25) is 4.55 Å². The van der Waals surface area contributed by atoms with Crippen molar-refractivity contribution in [3.8, 4) is 0 Å². The van der Waals surface area contributed by atoms with Gasteiger partial charge in [0, 0.05) is 6.61 Å². The molecule has 0 spiro atoms. The van der Waals surface area contributed by atoms with Crippen LogP contribution in [0, 0.1) is 0 Å². The molecule has 0 amide bonds. The summed E-state index contributed by atoms with van der Waals surface area (Å²) in [4.78, 5) is 0. The normalized spacial score (nSPS) is 14.7. The highest BCUT2D eigenvalue weighted by molar-refractivity contribution is 7.91. The molecule has 0 saturated heterocycles. The lowest BCUT2D eigenvalue weighted by molar-refractivity contribution is 0.193. The van der Waals surface area contributed by atoms with Gasteiger partial charge >= 0.3 is 0 Å². The Morgan fingerprint density at radius 1 is 1.55 bits per heavy atom. The van der Waals surface area contributed by atoms with Gasteiger partial charge in [-0.1, -0.05) is 0 Å². The molecule has 1 N–H and O–H groups in total. The van der Waals surface area contributed by atoms with Crippen LogP contribution in [0.3, 0.4) is 0 Å². The van der Waals surface area contributed by atoms with Crippen molar-refractivity contribution in [1.29, 1.82) is 0 Å². The quantitative estimate of drug-likeness (QED) is 0.515. The van der Waals surface area contributed by atoms with Crippen molar-refractivity contribution in [2.24, 2.45) is 0 Å². The molecule has 0 saturated carbocycles. The van der Waals surface area contributed by atoms with Crippen LogP contribution in [0.25, 0.3) is 0 Å². The fourth-order valence-electron chi connectivity index (χ4n) is 0.461. The van der Waals surface area contributed by atoms with Gasteiger partial charge in [0.15, 0.2) is 0 Å². The van der Waals surface area contributed by atoms with Crippen LogP contribution < -0.4 is 0 Å². The predicted molar refractivity (Wildman–Crippen MR) is 41.9 cm³/mol. The molecular weight excluding hydrogens is 191 g/mol. The van der Waals surface area contributed by atoms with Gasteiger partial charge in [0.1, 0.15) is 13.3 Å². The van der Waals surface area contributed by atoms with E-state index in [1.807, 2.05) is 0 Å². The summed E-state index contributed by atoms with van der Waals surface area (Å²) >= 11 is 0. The molecule has 7 heteroatoms. The summed E-state index contributed by atoms with van der Waals surface area (Å²) in [7, 11) is -6.42. The number of hydrogen-bond acceptors (Lipinski definition) is 4. The molecule has 0 aliphatic heterocycles. The summed E-state index contributed by atoms with van der Waals surface area (Å²) in [6.45, 7) is 2.10. The smallest absolute Gasteiger partial charge is 0.271 e. The molecule has 0 aliphatic rings. The van der Waals surface area contributed by atoms with E-state index in [1.165, 1.54) is 0 Å². The van der Waals surface area contributed by atoms with E-state index in [1.54, 1.807) is 6.92 Å². The summed E-state index contributed by atoms with van der Waals surface area (Å²) in [5.41, 5.74) is -0.683. The molecule has 0 aliphatic carbocycles. The van der Waals surface area contributed by atoms with Crippen molar-refractivity contribution in [2.45, 2.75) is 6.92 Å². The molecule has 0 bridgehead atoms. The third-order valence-electron chi connectivity index (χ3n) is 0.811. The van der Waals surface area contributed by atoms with Gasteiger partial charge in [0.2, 0.25) is 0 Å². The molecule has 0 aromatic rings. The standard InChI is InChI=1S/C4H11O5PS/c1-2-9-3-10(5)4-11(6,7)8/h10H,2-4H2,1H3,(H,6,7,8). The van der Waals surface area contributed by atoms with Crippen LogP contribution in [0.2, 0.25) is 0 Å². The Kier molecular flexibility index (Phi) is 4.92. The molecule has 0 aromatic carbocycles. The number of hydrogen-bond donors (Lipinski definition) is 1. The van der Waals surface area contributed by atoms with E-state index < -0.39 is 23.4 Å². The topological polar surface area (TPSA) is 80.7 Å². The van der Waals surface area contributed by atoms with E-state index in [0.717, 1.165) is 0 Å². The highest BCUT2D eigenvalue weighted by atomic mass is 32.2. The summed E-state index contributed by atoms with van der Waals surface area (Å²) in [6, 6.07) is 0. The Morgan fingerprint density at radius 2 is 2.09 bits per heavy atom. The lowest BCUT2D eigenvalue weighted by Gasteiger charge is -1.98. The molecule has 0 fully saturated rings. The highest BCUT2D eigenvalue weighted by Crippen LogP contribution is 2.21. The molecule has 0 aromatic heterocycles. The molecule has 68 valence electrons. The maximum absolute atomic E-state index is 10.7. The first-order valence-electron chi connectivity index (χ1n) is 3.00. The van der Waals surface area contributed by atoms with Gasteiger partial charge in [-0.2, -0.15) is 8.42 Å². The first-order chi connectivity index (χ1) is 4.95. The van der Waals surface area contributed by atoms with Crippen LogP contribution in [0.15, 0.2) is 0 Å². The minimum Gasteiger partial charge on any atom is -0.374 e. The molecule has 11 heavy (non-hydrogen) atoms. The van der Waals surface area contributed by atoms with Crippen molar-refractivity contribution < 1.29 is 22.3 Å². The molecule has 0 heterocycles. The Labute approximate surface area is 66.3 Å². The molecule has 0 radical (unpaired) electrons. The fraction of sp³-hybridized carbons (Fsp3) is 1.00. The van der Waals surface area contributed by atoms with Gasteiger partial charge in [-0.15, -0.1) is 0 Å². The zero-order valence-electron chi connectivity index (χ0n) is 6.11. The molecular formula is C4H11O5PS. The largest absolute Gasteiger partial charge is 0.374 e. The Hall–Kier alpha value is 0.100. The molecule has 1 atom stereocenters. The van der Waals surface area contributed by atoms with Crippen molar-refractivity contribution in [3.05, 3.63) is 0 Å². The van der Waals surface area contributed by atoms with Crippen LogP contribution in [-0.4, -0.2) is 31.4 Å². The maximum Gasteiger partial charge on any atom is 0.271 e. The van der Waals surface area contributed by atoms with Gasteiger partial charge in [-0.25, -0.2) is 0 Å². The lowest BCUT2D eigenvalue weighted by atomic mass is 10.9. The fourth-order valence-corrected chi connectivity index (χ4v) is 2.85. The molecule has 5 nitrogen and oxygen atoms in total. The Bertz CT molecular complexity index is 221. The van der Waals surface area contributed by atoms with Crippen molar-refractivity contribution >= 4 is 17.9 Å². The van der Waals surface area contributed by atoms with Gasteiger partial charge < -0.3 is 9.30 Å². The third-order valence-corrected chi connectivity index (χ3v) is 4.08. The van der Waals surface area contributed by atoms with E-state index >= 15 is 0 Å². The van der Waals surface area contributed by atoms with Crippen molar-refractivity contribution in [3.63, 3.8) is 0 Å². The highest BCUT2D eigenvalue weighted by Gasteiger charge is 2.10. The maximum atomic E-state index is 10.7. The van der Waals surface area contributed by atoms with Crippen LogP contribution in [0.1, 0.15) is 6.92 Å². The average Bonchev–Trinajstić information content (AvgIpc) is 1.79.